The molecule has 0 spiro atoms. The number of aliphatic hydroxyl groups excluding tert-OH is 1. The van der Waals surface area contributed by atoms with Gasteiger partial charge in [0, 0.05) is 72.7 Å². The van der Waals surface area contributed by atoms with Crippen LogP contribution in [0, 0.1) is 5.92 Å². The monoisotopic (exact) mass is 490 g/mol. The Morgan fingerprint density at radius 2 is 2.08 bits per heavy atom. The minimum absolute atomic E-state index is 0.00388. The number of Topliss-reactive ketones (excluding diaryl/α,β-unsaturated/α-hetero) is 1. The van der Waals surface area contributed by atoms with Crippen molar-refractivity contribution < 1.29 is 19.4 Å². The predicted molar refractivity (Wildman–Crippen MR) is 137 cm³/mol. The maximum atomic E-state index is 13.4. The summed E-state index contributed by atoms with van der Waals surface area (Å²) in [6, 6.07) is 8.71. The Morgan fingerprint density at radius 3 is 2.86 bits per heavy atom. The van der Waals surface area contributed by atoms with E-state index in [0.29, 0.717) is 43.1 Å². The molecule has 0 bridgehead atoms. The van der Waals surface area contributed by atoms with Gasteiger partial charge in [-0.2, -0.15) is 0 Å². The van der Waals surface area contributed by atoms with Gasteiger partial charge in [-0.25, -0.2) is 4.98 Å². The van der Waals surface area contributed by atoms with E-state index >= 15 is 0 Å². The SMILES string of the molecule is C[C@H]1CN(c2ccncc2CC(=O)c2nc3cc(N4CCOCC4=O)ccc3cc2N)C[C@@H](N)[C@@H]1O. The molecule has 10 heteroatoms. The Hall–Kier alpha value is -3.60. The minimum Gasteiger partial charge on any atom is -0.397 e. The summed E-state index contributed by atoms with van der Waals surface area (Å²) >= 11 is 0. The number of carbonyl (C=O) groups is 2. The van der Waals surface area contributed by atoms with Crippen molar-refractivity contribution in [3.8, 4) is 0 Å². The number of nitrogens with two attached hydrogens (primary N) is 2. The van der Waals surface area contributed by atoms with Crippen LogP contribution in [0.15, 0.2) is 42.7 Å². The molecule has 2 fully saturated rings. The number of anilines is 3. The fourth-order valence-corrected chi connectivity index (χ4v) is 4.99. The summed E-state index contributed by atoms with van der Waals surface area (Å²) in [5, 5.41) is 11.0. The number of rotatable bonds is 5. The fourth-order valence-electron chi connectivity index (χ4n) is 4.99. The number of ether oxygens (including phenoxy) is 1. The topological polar surface area (TPSA) is 148 Å². The number of morpholine rings is 1. The summed E-state index contributed by atoms with van der Waals surface area (Å²) in [6.45, 7) is 4.04. The van der Waals surface area contributed by atoms with E-state index in [1.54, 1.807) is 29.4 Å². The molecule has 0 saturated carbocycles. The quantitative estimate of drug-likeness (QED) is 0.448. The Bertz CT molecular complexity index is 1300. The maximum absolute atomic E-state index is 13.4. The molecule has 0 unspecified atom stereocenters. The number of piperidine rings is 1. The van der Waals surface area contributed by atoms with Crippen LogP contribution < -0.4 is 21.3 Å². The summed E-state index contributed by atoms with van der Waals surface area (Å²) < 4.78 is 5.22. The van der Waals surface area contributed by atoms with E-state index in [9.17, 15) is 14.7 Å². The second-order valence-electron chi connectivity index (χ2n) is 9.54. The highest BCUT2D eigenvalue weighted by Crippen LogP contribution is 2.29. The molecule has 188 valence electrons. The van der Waals surface area contributed by atoms with Crippen molar-refractivity contribution in [2.75, 3.05) is 48.4 Å². The third-order valence-corrected chi connectivity index (χ3v) is 6.92. The number of fused-ring (bicyclic) bond motifs is 1. The van der Waals surface area contributed by atoms with Gasteiger partial charge in [0.15, 0.2) is 5.78 Å². The first-order valence-electron chi connectivity index (χ1n) is 12.0. The van der Waals surface area contributed by atoms with Crippen LogP contribution in [0.4, 0.5) is 17.1 Å². The Labute approximate surface area is 208 Å². The zero-order chi connectivity index (χ0) is 25.4. The van der Waals surface area contributed by atoms with Gasteiger partial charge in [-0.15, -0.1) is 0 Å². The number of nitrogens with zero attached hydrogens (tertiary/aromatic N) is 4. The second kappa shape index (κ2) is 9.81. The van der Waals surface area contributed by atoms with Crippen molar-refractivity contribution in [1.82, 2.24) is 9.97 Å². The van der Waals surface area contributed by atoms with Crippen molar-refractivity contribution in [3.63, 3.8) is 0 Å². The molecule has 4 heterocycles. The predicted octanol–water partition coefficient (Wildman–Crippen LogP) is 1.14. The lowest BCUT2D eigenvalue weighted by Crippen LogP contribution is -2.55. The van der Waals surface area contributed by atoms with E-state index in [1.165, 1.54) is 0 Å². The first-order chi connectivity index (χ1) is 17.3. The standard InChI is InChI=1S/C26H30N6O4/c1-15-12-31(13-20(28)26(15)35)22-4-5-29-11-17(22)9-23(33)25-19(27)8-16-2-3-18(10-21(16)30-25)32-6-7-36-14-24(32)34/h2-5,8,10-11,15,20,26,35H,6-7,9,12-14,27-28H2,1H3/t15-,20+,26+/m0/s1. The summed E-state index contributed by atoms with van der Waals surface area (Å²) in [6.07, 6.45) is 2.86. The number of ketones is 1. The fraction of sp³-hybridized carbons (Fsp3) is 0.385. The molecule has 2 aliphatic rings. The van der Waals surface area contributed by atoms with Crippen LogP contribution in [0.1, 0.15) is 23.0 Å². The van der Waals surface area contributed by atoms with Gasteiger partial charge in [0.05, 0.1) is 23.9 Å². The van der Waals surface area contributed by atoms with E-state index in [-0.39, 0.29) is 42.4 Å². The summed E-state index contributed by atoms with van der Waals surface area (Å²) in [5.41, 5.74) is 15.8. The van der Waals surface area contributed by atoms with Crippen molar-refractivity contribution in [1.29, 1.82) is 0 Å². The maximum Gasteiger partial charge on any atom is 0.253 e. The van der Waals surface area contributed by atoms with Gasteiger partial charge in [-0.05, 0) is 24.3 Å². The van der Waals surface area contributed by atoms with E-state index in [2.05, 4.69) is 14.9 Å². The van der Waals surface area contributed by atoms with E-state index in [0.717, 1.165) is 16.6 Å². The van der Waals surface area contributed by atoms with Gasteiger partial charge in [0.25, 0.3) is 5.91 Å². The smallest absolute Gasteiger partial charge is 0.253 e. The molecule has 36 heavy (non-hydrogen) atoms. The first kappa shape index (κ1) is 24.1. The van der Waals surface area contributed by atoms with Gasteiger partial charge >= 0.3 is 0 Å². The number of aliphatic hydroxyl groups is 1. The molecule has 5 rings (SSSR count). The lowest BCUT2D eigenvalue weighted by molar-refractivity contribution is -0.125. The van der Waals surface area contributed by atoms with Crippen LogP contribution in [-0.2, 0) is 16.0 Å². The third kappa shape index (κ3) is 4.62. The summed E-state index contributed by atoms with van der Waals surface area (Å²) in [7, 11) is 0. The van der Waals surface area contributed by atoms with Crippen LogP contribution >= 0.6 is 0 Å². The lowest BCUT2D eigenvalue weighted by Gasteiger charge is -2.40. The average Bonchev–Trinajstić information content (AvgIpc) is 2.87. The highest BCUT2D eigenvalue weighted by molar-refractivity contribution is 6.04. The molecular formula is C26H30N6O4. The molecular weight excluding hydrogens is 460 g/mol. The number of hydrogen-bond donors (Lipinski definition) is 3. The largest absolute Gasteiger partial charge is 0.397 e. The molecule has 1 aromatic carbocycles. The van der Waals surface area contributed by atoms with Crippen molar-refractivity contribution >= 4 is 39.7 Å². The molecule has 0 radical (unpaired) electrons. The normalized spacial score (nSPS) is 22.8. The molecule has 3 atom stereocenters. The Kier molecular flexibility index (Phi) is 6.57. The van der Waals surface area contributed by atoms with E-state index in [4.69, 9.17) is 16.2 Å². The summed E-state index contributed by atoms with van der Waals surface area (Å²) in [4.78, 5) is 38.2. The van der Waals surface area contributed by atoms with E-state index < -0.39 is 6.10 Å². The third-order valence-electron chi connectivity index (χ3n) is 6.92. The van der Waals surface area contributed by atoms with Crippen LogP contribution in [0.3, 0.4) is 0 Å². The number of aromatic nitrogens is 2. The van der Waals surface area contributed by atoms with Gasteiger partial charge in [-0.3, -0.25) is 14.6 Å². The van der Waals surface area contributed by atoms with Crippen molar-refractivity contribution in [3.05, 3.63) is 54.0 Å². The van der Waals surface area contributed by atoms with E-state index in [1.807, 2.05) is 25.1 Å². The number of amides is 1. The highest BCUT2D eigenvalue weighted by Gasteiger charge is 2.32. The molecule has 10 nitrogen and oxygen atoms in total. The summed E-state index contributed by atoms with van der Waals surface area (Å²) in [5.74, 6) is -0.350. The first-order valence-corrected chi connectivity index (χ1v) is 12.0. The highest BCUT2D eigenvalue weighted by atomic mass is 16.5. The number of hydrogen-bond acceptors (Lipinski definition) is 9. The number of carbonyl (C=O) groups excluding carboxylic acids is 2. The second-order valence-corrected chi connectivity index (χ2v) is 9.54. The molecule has 5 N–H and O–H groups in total. The van der Waals surface area contributed by atoms with Gasteiger partial charge in [0.1, 0.15) is 12.3 Å². The van der Waals surface area contributed by atoms with Crippen LogP contribution in [-0.4, -0.2) is 71.8 Å². The van der Waals surface area contributed by atoms with Crippen LogP contribution in [0.25, 0.3) is 10.9 Å². The lowest BCUT2D eigenvalue weighted by atomic mass is 9.92. The number of pyridine rings is 2. The Balaban J connectivity index is 1.42. The Morgan fingerprint density at radius 1 is 1.25 bits per heavy atom. The zero-order valence-electron chi connectivity index (χ0n) is 20.1. The van der Waals surface area contributed by atoms with Crippen LogP contribution in [0.2, 0.25) is 0 Å². The molecule has 0 aliphatic carbocycles. The van der Waals surface area contributed by atoms with Crippen LogP contribution in [0.5, 0.6) is 0 Å². The van der Waals surface area contributed by atoms with Gasteiger partial charge in [-0.1, -0.05) is 13.0 Å². The molecule has 1 amide bonds. The zero-order valence-corrected chi connectivity index (χ0v) is 20.1. The molecule has 2 saturated heterocycles. The van der Waals surface area contributed by atoms with Crippen molar-refractivity contribution in [2.24, 2.45) is 11.7 Å². The van der Waals surface area contributed by atoms with Crippen molar-refractivity contribution in [2.45, 2.75) is 25.5 Å². The number of benzene rings is 1. The average molecular weight is 491 g/mol. The number of nitrogen functional groups attached to an aromatic ring is 1. The molecule has 2 aromatic heterocycles. The molecule has 3 aromatic rings. The van der Waals surface area contributed by atoms with Gasteiger partial charge < -0.3 is 31.1 Å². The minimum atomic E-state index is -0.563. The van der Waals surface area contributed by atoms with Gasteiger partial charge in [0.2, 0.25) is 0 Å². The molecule has 2 aliphatic heterocycles.